The summed E-state index contributed by atoms with van der Waals surface area (Å²) >= 11 is 0. The maximum Gasteiger partial charge on any atom is 0.363 e. The van der Waals surface area contributed by atoms with Gasteiger partial charge in [-0.3, -0.25) is 14.4 Å². The van der Waals surface area contributed by atoms with Gasteiger partial charge in [-0.15, -0.1) is 10.1 Å². The Bertz CT molecular complexity index is 1220. The number of piperidine rings is 1. The fourth-order valence-electron chi connectivity index (χ4n) is 3.55. The van der Waals surface area contributed by atoms with Crippen LogP contribution < -0.4 is 0 Å². The standard InChI is InChI=1S/C23H18N2O8S2/c26-18-9-10-19(27)24(18)32-22(29)13-3-1-5-15(11-13)34-35-16-6-2-4-14(12-16)23(30)33-25-20(28)8-7-17-21(25)31-17/h1-6,11-12,17,21H,7-10H2. The molecule has 0 radical (unpaired) electrons. The molecule has 0 N–H and O–H groups in total. The lowest BCUT2D eigenvalue weighted by atomic mass is 10.1. The Morgan fingerprint density at radius 2 is 1.37 bits per heavy atom. The minimum atomic E-state index is -0.806. The number of hydrogen-bond acceptors (Lipinski definition) is 10. The number of carbonyl (C=O) groups is 5. The molecule has 2 aromatic rings. The third-order valence-corrected chi connectivity index (χ3v) is 7.79. The van der Waals surface area contributed by atoms with Crippen molar-refractivity contribution in [2.75, 3.05) is 0 Å². The van der Waals surface area contributed by atoms with Crippen molar-refractivity contribution in [3.05, 3.63) is 59.7 Å². The molecule has 2 aromatic carbocycles. The highest BCUT2D eigenvalue weighted by Gasteiger charge is 2.52. The second-order valence-corrected chi connectivity index (χ2v) is 10.2. The summed E-state index contributed by atoms with van der Waals surface area (Å²) in [5.74, 6) is -2.83. The Balaban J connectivity index is 1.19. The number of nitrogens with zero attached hydrogens (tertiary/aromatic N) is 2. The molecule has 3 aliphatic heterocycles. The lowest BCUT2D eigenvalue weighted by Gasteiger charge is -2.21. The average Bonchev–Trinajstić information content (AvgIpc) is 3.60. The molecule has 12 heteroatoms. The Labute approximate surface area is 207 Å². The van der Waals surface area contributed by atoms with E-state index in [1.165, 1.54) is 27.7 Å². The normalized spacial score (nSPS) is 21.1. The molecule has 0 aliphatic carbocycles. The highest BCUT2D eigenvalue weighted by molar-refractivity contribution is 8.76. The van der Waals surface area contributed by atoms with E-state index in [9.17, 15) is 24.0 Å². The van der Waals surface area contributed by atoms with E-state index in [1.807, 2.05) is 6.07 Å². The summed E-state index contributed by atoms with van der Waals surface area (Å²) in [5, 5.41) is 1.52. The van der Waals surface area contributed by atoms with Gasteiger partial charge in [-0.05, 0) is 42.8 Å². The molecule has 180 valence electrons. The number of benzene rings is 2. The molecule has 3 heterocycles. The van der Waals surface area contributed by atoms with Gasteiger partial charge in [0.2, 0.25) is 0 Å². The van der Waals surface area contributed by atoms with Crippen LogP contribution in [0.15, 0.2) is 58.3 Å². The summed E-state index contributed by atoms with van der Waals surface area (Å²) in [4.78, 5) is 72.0. The molecule has 0 bridgehead atoms. The van der Waals surface area contributed by atoms with Crippen molar-refractivity contribution >= 4 is 51.2 Å². The van der Waals surface area contributed by atoms with Gasteiger partial charge in [-0.25, -0.2) is 9.59 Å². The van der Waals surface area contributed by atoms with Crippen molar-refractivity contribution in [2.45, 2.75) is 47.8 Å². The number of epoxide rings is 1. The average molecular weight is 515 g/mol. The van der Waals surface area contributed by atoms with Gasteiger partial charge in [-0.1, -0.05) is 33.7 Å². The fraction of sp³-hybridized carbons (Fsp3) is 0.261. The lowest BCUT2D eigenvalue weighted by Crippen LogP contribution is -2.39. The molecule has 0 saturated carbocycles. The number of rotatable bonds is 7. The number of ether oxygens (including phenoxy) is 1. The predicted octanol–water partition coefficient (Wildman–Crippen LogP) is 3.13. The third kappa shape index (κ3) is 5.19. The van der Waals surface area contributed by atoms with Gasteiger partial charge >= 0.3 is 11.9 Å². The van der Waals surface area contributed by atoms with Crippen molar-refractivity contribution in [1.29, 1.82) is 0 Å². The highest BCUT2D eigenvalue weighted by atomic mass is 33.1. The number of imide groups is 1. The number of amides is 3. The first-order valence-corrected chi connectivity index (χ1v) is 12.9. The van der Waals surface area contributed by atoms with Crippen LogP contribution in [0.4, 0.5) is 0 Å². The lowest BCUT2D eigenvalue weighted by molar-refractivity contribution is -0.178. The maximum atomic E-state index is 12.6. The van der Waals surface area contributed by atoms with E-state index in [0.717, 1.165) is 9.96 Å². The third-order valence-electron chi connectivity index (χ3n) is 5.41. The number of hydroxylamine groups is 4. The Morgan fingerprint density at radius 3 is 1.97 bits per heavy atom. The van der Waals surface area contributed by atoms with Crippen molar-refractivity contribution in [2.24, 2.45) is 0 Å². The molecule has 3 amide bonds. The number of carbonyl (C=O) groups excluding carboxylic acids is 5. The summed E-state index contributed by atoms with van der Waals surface area (Å²) in [5.41, 5.74) is 0.468. The van der Waals surface area contributed by atoms with Crippen LogP contribution in [-0.2, 0) is 28.8 Å². The first kappa shape index (κ1) is 23.4. The smallest absolute Gasteiger partial charge is 0.344 e. The van der Waals surface area contributed by atoms with Crippen molar-refractivity contribution in [1.82, 2.24) is 10.1 Å². The topological polar surface area (TPSA) is 123 Å². The van der Waals surface area contributed by atoms with Crippen molar-refractivity contribution in [3.8, 4) is 0 Å². The van der Waals surface area contributed by atoms with Crippen LogP contribution in [0.25, 0.3) is 0 Å². The molecule has 3 aliphatic rings. The molecular weight excluding hydrogens is 496 g/mol. The molecule has 35 heavy (non-hydrogen) atoms. The minimum absolute atomic E-state index is 0.0223. The summed E-state index contributed by atoms with van der Waals surface area (Å²) in [6.07, 6.45) is 0.396. The Kier molecular flexibility index (Phi) is 6.50. The molecule has 3 fully saturated rings. The molecule has 2 unspecified atom stereocenters. The summed E-state index contributed by atoms with van der Waals surface area (Å²) in [7, 11) is 2.68. The maximum absolute atomic E-state index is 12.6. The largest absolute Gasteiger partial charge is 0.363 e. The van der Waals surface area contributed by atoms with E-state index in [0.29, 0.717) is 16.4 Å². The fourth-order valence-corrected chi connectivity index (χ4v) is 5.56. The number of fused-ring (bicyclic) bond motifs is 1. The van der Waals surface area contributed by atoms with E-state index in [2.05, 4.69) is 0 Å². The summed E-state index contributed by atoms with van der Waals surface area (Å²) < 4.78 is 5.33. The van der Waals surface area contributed by atoms with Crippen LogP contribution in [-0.4, -0.2) is 52.1 Å². The van der Waals surface area contributed by atoms with Crippen molar-refractivity contribution in [3.63, 3.8) is 0 Å². The quantitative estimate of drug-likeness (QED) is 0.309. The van der Waals surface area contributed by atoms with Gasteiger partial charge in [0.25, 0.3) is 17.7 Å². The van der Waals surface area contributed by atoms with Crippen LogP contribution in [0.3, 0.4) is 0 Å². The zero-order valence-electron chi connectivity index (χ0n) is 18.1. The van der Waals surface area contributed by atoms with Gasteiger partial charge in [0.05, 0.1) is 11.1 Å². The molecule has 5 rings (SSSR count). The Hall–Kier alpha value is -3.35. The van der Waals surface area contributed by atoms with Crippen LogP contribution in [0.2, 0.25) is 0 Å². The molecular formula is C23H18N2O8S2. The summed E-state index contributed by atoms with van der Waals surface area (Å²) in [6.45, 7) is 0. The van der Waals surface area contributed by atoms with Gasteiger partial charge in [0, 0.05) is 29.1 Å². The predicted molar refractivity (Wildman–Crippen MR) is 121 cm³/mol. The van der Waals surface area contributed by atoms with Gasteiger partial charge < -0.3 is 14.4 Å². The van der Waals surface area contributed by atoms with E-state index < -0.39 is 30.0 Å². The van der Waals surface area contributed by atoms with E-state index in [-0.39, 0.29) is 42.4 Å². The van der Waals surface area contributed by atoms with Gasteiger partial charge in [0.1, 0.15) is 6.10 Å². The monoisotopic (exact) mass is 514 g/mol. The van der Waals surface area contributed by atoms with Crippen LogP contribution in [0, 0.1) is 0 Å². The van der Waals surface area contributed by atoms with Crippen LogP contribution in [0.5, 0.6) is 0 Å². The first-order valence-electron chi connectivity index (χ1n) is 10.7. The highest BCUT2D eigenvalue weighted by Crippen LogP contribution is 2.38. The number of hydrogen-bond donors (Lipinski definition) is 0. The zero-order chi connectivity index (χ0) is 24.5. The van der Waals surface area contributed by atoms with Crippen LogP contribution >= 0.6 is 21.6 Å². The Morgan fingerprint density at radius 1 is 0.800 bits per heavy atom. The molecule has 3 saturated heterocycles. The SMILES string of the molecule is O=C(ON1C(=O)CCC1=O)c1cccc(SSc2cccc(C(=O)ON3C(=O)CCC4OC43)c2)c1. The molecule has 10 nitrogen and oxygen atoms in total. The first-order chi connectivity index (χ1) is 16.9. The zero-order valence-corrected chi connectivity index (χ0v) is 19.7. The van der Waals surface area contributed by atoms with E-state index >= 15 is 0 Å². The second-order valence-electron chi connectivity index (χ2n) is 7.88. The van der Waals surface area contributed by atoms with Crippen molar-refractivity contribution < 1.29 is 38.4 Å². The van der Waals surface area contributed by atoms with Crippen LogP contribution in [0.1, 0.15) is 46.4 Å². The van der Waals surface area contributed by atoms with E-state index in [1.54, 1.807) is 36.4 Å². The molecule has 2 atom stereocenters. The summed E-state index contributed by atoms with van der Waals surface area (Å²) in [6, 6.07) is 13.3. The van der Waals surface area contributed by atoms with Gasteiger partial charge in [0.15, 0.2) is 6.23 Å². The van der Waals surface area contributed by atoms with Gasteiger partial charge in [-0.2, -0.15) is 0 Å². The molecule has 0 spiro atoms. The van der Waals surface area contributed by atoms with E-state index in [4.69, 9.17) is 14.4 Å². The minimum Gasteiger partial charge on any atom is -0.344 e. The molecule has 0 aromatic heterocycles. The second kappa shape index (κ2) is 9.72.